The Hall–Kier alpha value is -2.86. The van der Waals surface area contributed by atoms with Crippen molar-refractivity contribution in [1.82, 2.24) is 4.90 Å². The van der Waals surface area contributed by atoms with Gasteiger partial charge in [0.1, 0.15) is 5.41 Å². The molecule has 2 amide bonds. The van der Waals surface area contributed by atoms with Crippen molar-refractivity contribution in [3.05, 3.63) is 64.7 Å². The van der Waals surface area contributed by atoms with Crippen molar-refractivity contribution in [2.24, 2.45) is 11.3 Å². The molecule has 0 spiro atoms. The van der Waals surface area contributed by atoms with E-state index in [-0.39, 0.29) is 11.8 Å². The largest absolute Gasteiger partial charge is 0.468 e. The fourth-order valence-electron chi connectivity index (χ4n) is 6.03. The first-order chi connectivity index (χ1) is 17.9. The van der Waals surface area contributed by atoms with Gasteiger partial charge in [0.05, 0.1) is 7.11 Å². The van der Waals surface area contributed by atoms with Crippen molar-refractivity contribution in [2.75, 3.05) is 25.5 Å². The van der Waals surface area contributed by atoms with Crippen LogP contribution in [-0.2, 0) is 19.1 Å². The fourth-order valence-corrected chi connectivity index (χ4v) is 6.16. The summed E-state index contributed by atoms with van der Waals surface area (Å²) in [6.07, 6.45) is 6.98. The lowest BCUT2D eigenvalue weighted by atomic mass is 9.78. The Kier molecular flexibility index (Phi) is 7.57. The highest BCUT2D eigenvalue weighted by molar-refractivity contribution is 6.30. The molecule has 1 saturated heterocycles. The van der Waals surface area contributed by atoms with Crippen molar-refractivity contribution in [3.63, 3.8) is 0 Å². The van der Waals surface area contributed by atoms with Gasteiger partial charge in [-0.25, -0.2) is 0 Å². The van der Waals surface area contributed by atoms with Crippen LogP contribution in [0.25, 0.3) is 0 Å². The number of rotatable bonds is 6. The Bertz CT molecular complexity index is 1130. The third-order valence-corrected chi connectivity index (χ3v) is 8.88. The van der Waals surface area contributed by atoms with Crippen LogP contribution in [0.1, 0.15) is 74.3 Å². The van der Waals surface area contributed by atoms with E-state index in [4.69, 9.17) is 16.3 Å². The second-order valence-electron chi connectivity index (χ2n) is 10.8. The van der Waals surface area contributed by atoms with Gasteiger partial charge in [0.2, 0.25) is 11.8 Å². The molecule has 2 aromatic carbocycles. The Labute approximate surface area is 223 Å². The first kappa shape index (κ1) is 25.8. The predicted molar refractivity (Wildman–Crippen MR) is 143 cm³/mol. The molecule has 6 nitrogen and oxygen atoms in total. The maximum atomic E-state index is 13.2. The summed E-state index contributed by atoms with van der Waals surface area (Å²) < 4.78 is 4.79. The minimum atomic E-state index is -1.01. The summed E-state index contributed by atoms with van der Waals surface area (Å²) >= 11 is 6.03. The summed E-state index contributed by atoms with van der Waals surface area (Å²) in [5, 5.41) is 3.63. The molecular weight excluding hydrogens is 488 g/mol. The van der Waals surface area contributed by atoms with Crippen LogP contribution in [-0.4, -0.2) is 42.9 Å². The summed E-state index contributed by atoms with van der Waals surface area (Å²) in [7, 11) is 1.32. The van der Waals surface area contributed by atoms with Gasteiger partial charge in [-0.1, -0.05) is 35.9 Å². The van der Waals surface area contributed by atoms with E-state index in [1.54, 1.807) is 0 Å². The molecule has 37 heavy (non-hydrogen) atoms. The van der Waals surface area contributed by atoms with Crippen molar-refractivity contribution in [2.45, 2.75) is 63.2 Å². The van der Waals surface area contributed by atoms with Crippen molar-refractivity contribution in [3.8, 4) is 0 Å². The molecule has 0 atom stereocenters. The van der Waals surface area contributed by atoms with Gasteiger partial charge in [0, 0.05) is 29.7 Å². The number of halogens is 1. The van der Waals surface area contributed by atoms with Gasteiger partial charge in [-0.3, -0.25) is 14.4 Å². The van der Waals surface area contributed by atoms with E-state index in [9.17, 15) is 14.4 Å². The second kappa shape index (κ2) is 10.9. The van der Waals surface area contributed by atoms with Gasteiger partial charge in [0.15, 0.2) is 0 Å². The number of piperidine rings is 1. The number of hydrogen-bond donors (Lipinski definition) is 1. The van der Waals surface area contributed by atoms with Crippen LogP contribution in [0.5, 0.6) is 0 Å². The maximum absolute atomic E-state index is 13.2. The molecule has 196 valence electrons. The summed E-state index contributed by atoms with van der Waals surface area (Å²) in [5.74, 6) is 0.640. The average molecular weight is 523 g/mol. The number of amides is 2. The Morgan fingerprint density at radius 3 is 1.92 bits per heavy atom. The van der Waals surface area contributed by atoms with Crippen molar-refractivity contribution < 1.29 is 19.1 Å². The van der Waals surface area contributed by atoms with E-state index in [0.29, 0.717) is 36.3 Å². The molecule has 2 aromatic rings. The monoisotopic (exact) mass is 522 g/mol. The number of nitrogens with one attached hydrogen (secondary N) is 1. The number of methoxy groups -OCH3 is 1. The number of ether oxygens (including phenoxy) is 1. The highest BCUT2D eigenvalue weighted by Crippen LogP contribution is 2.47. The number of benzene rings is 2. The number of carbonyl (C=O) groups is 3. The quantitative estimate of drug-likeness (QED) is 0.378. The predicted octanol–water partition coefficient (Wildman–Crippen LogP) is 5.91. The van der Waals surface area contributed by atoms with E-state index in [1.807, 2.05) is 36.4 Å². The van der Waals surface area contributed by atoms with E-state index >= 15 is 0 Å². The molecule has 3 fully saturated rings. The highest BCUT2D eigenvalue weighted by atomic mass is 35.5. The van der Waals surface area contributed by atoms with Gasteiger partial charge in [0.25, 0.3) is 0 Å². The zero-order chi connectivity index (χ0) is 26.0. The van der Waals surface area contributed by atoms with Gasteiger partial charge >= 0.3 is 5.97 Å². The Morgan fingerprint density at radius 1 is 0.838 bits per heavy atom. The maximum Gasteiger partial charge on any atom is 0.321 e. The fraction of sp³-hybridized carbons (Fsp3) is 0.500. The van der Waals surface area contributed by atoms with Crippen molar-refractivity contribution >= 4 is 35.1 Å². The van der Waals surface area contributed by atoms with Gasteiger partial charge in [-0.05, 0) is 98.6 Å². The number of esters is 1. The molecular formula is C30H35ClN2O4. The molecule has 0 radical (unpaired) electrons. The molecule has 0 bridgehead atoms. The number of carbonyl (C=O) groups excluding carboxylic acids is 3. The molecule has 7 heteroatoms. The molecule has 2 aliphatic carbocycles. The van der Waals surface area contributed by atoms with E-state index in [2.05, 4.69) is 22.3 Å². The number of anilines is 1. The number of nitrogens with zero attached hydrogens (tertiary/aromatic N) is 1. The molecule has 1 heterocycles. The normalized spacial score (nSPS) is 23.2. The van der Waals surface area contributed by atoms with Crippen LogP contribution >= 0.6 is 11.6 Å². The van der Waals surface area contributed by atoms with Gasteiger partial charge < -0.3 is 15.0 Å². The topological polar surface area (TPSA) is 75.7 Å². The SMILES string of the molecule is COC(=O)C1(C(=O)Nc2ccc(C3CCN(C(=O)C4CCC(c5ccc(Cl)cc5)CC4)CC3)cc2)CC1. The summed E-state index contributed by atoms with van der Waals surface area (Å²) in [6, 6.07) is 16.0. The highest BCUT2D eigenvalue weighted by Gasteiger charge is 2.57. The first-order valence-electron chi connectivity index (χ1n) is 13.4. The lowest BCUT2D eigenvalue weighted by Gasteiger charge is -2.36. The van der Waals surface area contributed by atoms with E-state index in [1.165, 1.54) is 18.2 Å². The Balaban J connectivity index is 1.09. The number of hydrogen-bond acceptors (Lipinski definition) is 4. The van der Waals surface area contributed by atoms with Crippen LogP contribution in [0.15, 0.2) is 48.5 Å². The van der Waals surface area contributed by atoms with Crippen LogP contribution in [0.4, 0.5) is 5.69 Å². The third-order valence-electron chi connectivity index (χ3n) is 8.63. The number of likely N-dealkylation sites (tertiary alicyclic amines) is 1. The average Bonchev–Trinajstić information content (AvgIpc) is 3.76. The molecule has 5 rings (SSSR count). The molecule has 0 aromatic heterocycles. The first-order valence-corrected chi connectivity index (χ1v) is 13.8. The molecule has 2 saturated carbocycles. The minimum Gasteiger partial charge on any atom is -0.468 e. The van der Waals surface area contributed by atoms with Crippen LogP contribution in [0.3, 0.4) is 0 Å². The van der Waals surface area contributed by atoms with E-state index < -0.39 is 11.4 Å². The van der Waals surface area contributed by atoms with Crippen molar-refractivity contribution in [1.29, 1.82) is 0 Å². The lowest BCUT2D eigenvalue weighted by Crippen LogP contribution is -2.42. The molecule has 1 N–H and O–H groups in total. The van der Waals surface area contributed by atoms with Crippen LogP contribution in [0, 0.1) is 11.3 Å². The van der Waals surface area contributed by atoms with Gasteiger partial charge in [-0.15, -0.1) is 0 Å². The van der Waals surface area contributed by atoms with Gasteiger partial charge in [-0.2, -0.15) is 0 Å². The molecule has 3 aliphatic rings. The summed E-state index contributed by atoms with van der Waals surface area (Å²) in [6.45, 7) is 1.58. The zero-order valence-corrected chi connectivity index (χ0v) is 22.1. The standard InChI is InChI=1S/C30H35ClN2O4/c1-37-29(36)30(16-17-30)28(35)32-26-12-8-22(9-13-26)23-14-18-33(19-15-23)27(34)24-4-2-20(3-5-24)21-6-10-25(31)11-7-21/h6-13,20,23-24H,2-5,14-19H2,1H3,(H,32,35). The zero-order valence-electron chi connectivity index (χ0n) is 21.4. The van der Waals surface area contributed by atoms with Crippen LogP contribution in [0.2, 0.25) is 5.02 Å². The third kappa shape index (κ3) is 5.54. The smallest absolute Gasteiger partial charge is 0.321 e. The summed E-state index contributed by atoms with van der Waals surface area (Å²) in [5.41, 5.74) is 2.23. The Morgan fingerprint density at radius 2 is 1.38 bits per heavy atom. The summed E-state index contributed by atoms with van der Waals surface area (Å²) in [4.78, 5) is 39.8. The minimum absolute atomic E-state index is 0.141. The lowest BCUT2D eigenvalue weighted by molar-refractivity contribution is -0.150. The molecule has 1 aliphatic heterocycles. The molecule has 0 unspecified atom stereocenters. The second-order valence-corrected chi connectivity index (χ2v) is 11.3. The van der Waals surface area contributed by atoms with E-state index in [0.717, 1.165) is 56.6 Å². The van der Waals surface area contributed by atoms with Crippen LogP contribution < -0.4 is 5.32 Å².